The molecule has 0 saturated carbocycles. The van der Waals surface area contributed by atoms with Crippen LogP contribution in [0.15, 0.2) is 54.6 Å². The first kappa shape index (κ1) is 12.7. The van der Waals surface area contributed by atoms with Gasteiger partial charge in [0.15, 0.2) is 0 Å². The number of carbonyl (C=O) groups excluding carboxylic acids is 1. The highest BCUT2D eigenvalue weighted by molar-refractivity contribution is 6.16. The highest BCUT2D eigenvalue weighted by atomic mass is 16.5. The molecule has 0 aliphatic carbocycles. The van der Waals surface area contributed by atoms with Crippen molar-refractivity contribution in [3.8, 4) is 0 Å². The number of hydrogen-bond donors (Lipinski definition) is 0. The molecule has 0 aliphatic heterocycles. The van der Waals surface area contributed by atoms with Crippen LogP contribution in [0.3, 0.4) is 0 Å². The maximum atomic E-state index is 12.4. The Balaban J connectivity index is 2.30. The summed E-state index contributed by atoms with van der Waals surface area (Å²) in [6, 6.07) is 18.0. The summed E-state index contributed by atoms with van der Waals surface area (Å²) in [4.78, 5) is 12.4. The zero-order valence-corrected chi connectivity index (χ0v) is 11.4. The van der Waals surface area contributed by atoms with E-state index in [1.807, 2.05) is 55.5 Å². The third kappa shape index (κ3) is 2.14. The highest BCUT2D eigenvalue weighted by Crippen LogP contribution is 2.29. The minimum atomic E-state index is -0.236. The zero-order chi connectivity index (χ0) is 13.9. The van der Waals surface area contributed by atoms with Gasteiger partial charge < -0.3 is 4.74 Å². The lowest BCUT2D eigenvalue weighted by molar-refractivity contribution is 0.0509. The molecule has 3 aromatic rings. The van der Waals surface area contributed by atoms with Crippen LogP contribution in [0.25, 0.3) is 21.5 Å². The van der Waals surface area contributed by atoms with Crippen molar-refractivity contribution in [3.05, 3.63) is 60.2 Å². The fraction of sp³-hybridized carbons (Fsp3) is 0.167. The Bertz CT molecular complexity index is 721. The van der Waals surface area contributed by atoms with Crippen molar-refractivity contribution >= 4 is 27.5 Å². The number of ether oxygens (including phenoxy) is 1. The molecule has 3 aromatic carbocycles. The molecule has 20 heavy (non-hydrogen) atoms. The summed E-state index contributed by atoms with van der Waals surface area (Å²) in [7, 11) is 0. The summed E-state index contributed by atoms with van der Waals surface area (Å²) in [5.74, 6) is -0.236. The molecule has 0 N–H and O–H groups in total. The molecule has 0 amide bonds. The monoisotopic (exact) mass is 264 g/mol. The third-order valence-electron chi connectivity index (χ3n) is 3.41. The van der Waals surface area contributed by atoms with Crippen LogP contribution in [0.4, 0.5) is 0 Å². The Morgan fingerprint density at radius 1 is 0.950 bits per heavy atom. The topological polar surface area (TPSA) is 26.3 Å². The van der Waals surface area contributed by atoms with Gasteiger partial charge in [-0.3, -0.25) is 0 Å². The number of fused-ring (bicyclic) bond motifs is 2. The Kier molecular flexibility index (Phi) is 3.38. The van der Waals surface area contributed by atoms with Gasteiger partial charge in [0.25, 0.3) is 0 Å². The number of rotatable bonds is 3. The summed E-state index contributed by atoms with van der Waals surface area (Å²) in [5.41, 5.74) is 0.673. The van der Waals surface area contributed by atoms with Crippen molar-refractivity contribution < 1.29 is 9.53 Å². The smallest absolute Gasteiger partial charge is 0.339 e. The normalized spacial score (nSPS) is 10.8. The van der Waals surface area contributed by atoms with Gasteiger partial charge in [-0.2, -0.15) is 0 Å². The summed E-state index contributed by atoms with van der Waals surface area (Å²) >= 11 is 0. The largest absolute Gasteiger partial charge is 0.462 e. The molecule has 0 aliphatic rings. The van der Waals surface area contributed by atoms with Crippen LogP contribution < -0.4 is 0 Å². The highest BCUT2D eigenvalue weighted by Gasteiger charge is 2.15. The Hall–Kier alpha value is -2.35. The molecule has 0 fully saturated rings. The maximum absolute atomic E-state index is 12.4. The lowest BCUT2D eigenvalue weighted by Gasteiger charge is -2.11. The lowest BCUT2D eigenvalue weighted by atomic mass is 9.97. The summed E-state index contributed by atoms with van der Waals surface area (Å²) in [5, 5.41) is 4.03. The van der Waals surface area contributed by atoms with E-state index >= 15 is 0 Å². The van der Waals surface area contributed by atoms with Crippen LogP contribution in [0, 0.1) is 0 Å². The van der Waals surface area contributed by atoms with E-state index in [1.165, 1.54) is 0 Å². The molecule has 0 spiro atoms. The van der Waals surface area contributed by atoms with E-state index < -0.39 is 0 Å². The molecule has 0 unspecified atom stereocenters. The van der Waals surface area contributed by atoms with Crippen molar-refractivity contribution in [1.29, 1.82) is 0 Å². The maximum Gasteiger partial charge on any atom is 0.339 e. The average Bonchev–Trinajstić information content (AvgIpc) is 2.50. The van der Waals surface area contributed by atoms with Crippen LogP contribution in [0.1, 0.15) is 23.7 Å². The molecule has 0 heterocycles. The molecule has 0 radical (unpaired) electrons. The van der Waals surface area contributed by atoms with Gasteiger partial charge in [-0.25, -0.2) is 4.79 Å². The van der Waals surface area contributed by atoms with Crippen molar-refractivity contribution in [2.24, 2.45) is 0 Å². The lowest BCUT2D eigenvalue weighted by Crippen LogP contribution is -2.07. The summed E-state index contributed by atoms with van der Waals surface area (Å²) in [6.45, 7) is 2.45. The molecule has 0 bridgehead atoms. The van der Waals surface area contributed by atoms with Gasteiger partial charge in [-0.15, -0.1) is 0 Å². The van der Waals surface area contributed by atoms with Gasteiger partial charge in [0, 0.05) is 0 Å². The molecular weight excluding hydrogens is 248 g/mol. The molecule has 2 heteroatoms. The number of carbonyl (C=O) groups is 1. The van der Waals surface area contributed by atoms with Crippen molar-refractivity contribution in [1.82, 2.24) is 0 Å². The quantitative estimate of drug-likeness (QED) is 0.512. The van der Waals surface area contributed by atoms with E-state index in [0.717, 1.165) is 28.0 Å². The van der Waals surface area contributed by atoms with Crippen molar-refractivity contribution in [2.75, 3.05) is 6.61 Å². The van der Waals surface area contributed by atoms with E-state index in [2.05, 4.69) is 6.07 Å². The summed E-state index contributed by atoms with van der Waals surface area (Å²) in [6.07, 6.45) is 0.828. The minimum absolute atomic E-state index is 0.236. The second-order valence-electron chi connectivity index (χ2n) is 4.83. The van der Waals surface area contributed by atoms with Gasteiger partial charge in [0.05, 0.1) is 12.2 Å². The van der Waals surface area contributed by atoms with Crippen molar-refractivity contribution in [2.45, 2.75) is 13.3 Å². The van der Waals surface area contributed by atoms with E-state index in [9.17, 15) is 4.79 Å². The van der Waals surface area contributed by atoms with Gasteiger partial charge in [0.1, 0.15) is 0 Å². The van der Waals surface area contributed by atoms with E-state index in [1.54, 1.807) is 0 Å². The van der Waals surface area contributed by atoms with Gasteiger partial charge >= 0.3 is 5.97 Å². The van der Waals surface area contributed by atoms with E-state index in [-0.39, 0.29) is 5.97 Å². The van der Waals surface area contributed by atoms with Crippen LogP contribution in [-0.4, -0.2) is 12.6 Å². The number of benzene rings is 3. The predicted octanol–water partition coefficient (Wildman–Crippen LogP) is 4.56. The first-order valence-corrected chi connectivity index (χ1v) is 6.89. The second kappa shape index (κ2) is 5.33. The fourth-order valence-corrected chi connectivity index (χ4v) is 2.50. The van der Waals surface area contributed by atoms with Gasteiger partial charge in [-0.1, -0.05) is 55.5 Å². The summed E-state index contributed by atoms with van der Waals surface area (Å²) < 4.78 is 5.35. The average molecular weight is 264 g/mol. The molecular formula is C18H16O2. The van der Waals surface area contributed by atoms with Crippen molar-refractivity contribution in [3.63, 3.8) is 0 Å². The predicted molar refractivity (Wildman–Crippen MR) is 82.0 cm³/mol. The van der Waals surface area contributed by atoms with Crippen LogP contribution in [-0.2, 0) is 4.74 Å². The van der Waals surface area contributed by atoms with E-state index in [0.29, 0.717) is 12.2 Å². The van der Waals surface area contributed by atoms with Gasteiger partial charge in [-0.05, 0) is 34.0 Å². The third-order valence-corrected chi connectivity index (χ3v) is 3.41. The second-order valence-corrected chi connectivity index (χ2v) is 4.83. The minimum Gasteiger partial charge on any atom is -0.462 e. The molecule has 2 nitrogen and oxygen atoms in total. The molecule has 100 valence electrons. The standard InChI is InChI=1S/C18H16O2/c1-2-11-20-18(19)17-15-9-5-3-7-13(15)12-14-8-4-6-10-16(14)17/h3-10,12H,2,11H2,1H3. The molecule has 0 atom stereocenters. The first-order chi connectivity index (χ1) is 9.81. The Morgan fingerprint density at radius 2 is 1.50 bits per heavy atom. The Labute approximate surface area is 118 Å². The SMILES string of the molecule is CCCOC(=O)c1c2ccccc2cc2ccccc12. The number of esters is 1. The fourth-order valence-electron chi connectivity index (χ4n) is 2.50. The number of hydrogen-bond acceptors (Lipinski definition) is 2. The molecule has 3 rings (SSSR count). The molecule has 0 saturated heterocycles. The van der Waals surface area contributed by atoms with Crippen LogP contribution in [0.5, 0.6) is 0 Å². The van der Waals surface area contributed by atoms with Crippen LogP contribution >= 0.6 is 0 Å². The van der Waals surface area contributed by atoms with E-state index in [4.69, 9.17) is 4.74 Å². The van der Waals surface area contributed by atoms with Crippen LogP contribution in [0.2, 0.25) is 0 Å². The molecule has 0 aromatic heterocycles. The Morgan fingerprint density at radius 3 is 2.05 bits per heavy atom. The first-order valence-electron chi connectivity index (χ1n) is 6.89. The van der Waals surface area contributed by atoms with Gasteiger partial charge in [0.2, 0.25) is 0 Å². The zero-order valence-electron chi connectivity index (χ0n) is 11.4.